The van der Waals surface area contributed by atoms with Crippen molar-refractivity contribution in [2.24, 2.45) is 5.73 Å². The smallest absolute Gasteiger partial charge is 0.141 e. The fourth-order valence-corrected chi connectivity index (χ4v) is 2.80. The van der Waals surface area contributed by atoms with Crippen molar-refractivity contribution in [3.63, 3.8) is 0 Å². The molecular formula is C14H12Br2ClNO. The summed E-state index contributed by atoms with van der Waals surface area (Å²) in [5, 5.41) is 0.658. The number of hydrogen-bond acceptors (Lipinski definition) is 2. The molecule has 0 heterocycles. The fraction of sp³-hybridized carbons (Fsp3) is 0.143. The lowest BCUT2D eigenvalue weighted by Gasteiger charge is -2.12. The second-order valence-corrected chi connectivity index (χ2v) is 6.30. The minimum Gasteiger partial charge on any atom is -0.455 e. The van der Waals surface area contributed by atoms with E-state index in [1.165, 1.54) is 0 Å². The minimum atomic E-state index is -0.00684. The Morgan fingerprint density at radius 1 is 1.05 bits per heavy atom. The van der Waals surface area contributed by atoms with Gasteiger partial charge in [0.1, 0.15) is 11.5 Å². The Hall–Kier alpha value is -0.550. The van der Waals surface area contributed by atoms with E-state index in [-0.39, 0.29) is 6.04 Å². The molecule has 0 aromatic heterocycles. The summed E-state index contributed by atoms with van der Waals surface area (Å²) in [6.45, 7) is 1.94. The Labute approximate surface area is 134 Å². The lowest BCUT2D eigenvalue weighted by molar-refractivity contribution is 0.476. The average Bonchev–Trinajstić information content (AvgIpc) is 2.34. The van der Waals surface area contributed by atoms with Crippen molar-refractivity contribution in [2.45, 2.75) is 13.0 Å². The fourth-order valence-electron chi connectivity index (χ4n) is 1.56. The summed E-state index contributed by atoms with van der Waals surface area (Å²) in [4.78, 5) is 0. The molecule has 0 bridgehead atoms. The number of halogens is 3. The maximum Gasteiger partial charge on any atom is 0.141 e. The molecule has 0 saturated heterocycles. The van der Waals surface area contributed by atoms with Gasteiger partial charge < -0.3 is 10.5 Å². The van der Waals surface area contributed by atoms with Crippen LogP contribution in [0.4, 0.5) is 0 Å². The molecule has 2 N–H and O–H groups in total. The highest BCUT2D eigenvalue weighted by atomic mass is 79.9. The van der Waals surface area contributed by atoms with Crippen LogP contribution in [0.2, 0.25) is 5.02 Å². The van der Waals surface area contributed by atoms with E-state index < -0.39 is 0 Å². The van der Waals surface area contributed by atoms with E-state index in [0.29, 0.717) is 10.8 Å². The summed E-state index contributed by atoms with van der Waals surface area (Å²) in [6.07, 6.45) is 0. The molecule has 0 aliphatic heterocycles. The normalized spacial score (nSPS) is 12.3. The summed E-state index contributed by atoms with van der Waals surface area (Å²) >= 11 is 12.8. The predicted molar refractivity (Wildman–Crippen MR) is 86.0 cm³/mol. The van der Waals surface area contributed by atoms with Gasteiger partial charge in [0, 0.05) is 11.1 Å². The SMILES string of the molecule is CC(N)c1ccc(Oc2ccc(Cl)cc2Br)c(Br)c1. The van der Waals surface area contributed by atoms with Crippen LogP contribution in [0.15, 0.2) is 45.3 Å². The maximum atomic E-state index is 5.90. The molecule has 0 radical (unpaired) electrons. The topological polar surface area (TPSA) is 35.2 Å². The van der Waals surface area contributed by atoms with Gasteiger partial charge in [-0.05, 0) is 74.7 Å². The van der Waals surface area contributed by atoms with Gasteiger partial charge >= 0.3 is 0 Å². The molecule has 1 atom stereocenters. The first-order valence-corrected chi connectivity index (χ1v) is 7.61. The Morgan fingerprint density at radius 2 is 1.63 bits per heavy atom. The van der Waals surface area contributed by atoms with E-state index in [2.05, 4.69) is 31.9 Å². The molecular weight excluding hydrogens is 393 g/mol. The van der Waals surface area contributed by atoms with Gasteiger partial charge in [0.25, 0.3) is 0 Å². The molecule has 0 aliphatic rings. The van der Waals surface area contributed by atoms with Gasteiger partial charge in [-0.15, -0.1) is 0 Å². The third-order valence-electron chi connectivity index (χ3n) is 2.60. The van der Waals surface area contributed by atoms with Crippen LogP contribution in [0.1, 0.15) is 18.5 Å². The molecule has 0 spiro atoms. The van der Waals surface area contributed by atoms with Crippen molar-refractivity contribution < 1.29 is 4.74 Å². The second kappa shape index (κ2) is 6.27. The van der Waals surface area contributed by atoms with Crippen molar-refractivity contribution >= 4 is 43.5 Å². The summed E-state index contributed by atoms with van der Waals surface area (Å²) in [5.74, 6) is 1.44. The molecule has 0 aliphatic carbocycles. The molecule has 2 nitrogen and oxygen atoms in total. The van der Waals surface area contributed by atoms with Crippen LogP contribution in [0.5, 0.6) is 11.5 Å². The van der Waals surface area contributed by atoms with E-state index in [1.807, 2.05) is 31.2 Å². The average molecular weight is 406 g/mol. The molecule has 2 aromatic carbocycles. The number of benzene rings is 2. The monoisotopic (exact) mass is 403 g/mol. The predicted octanol–water partition coefficient (Wildman–Crippen LogP) is 5.68. The zero-order valence-corrected chi connectivity index (χ0v) is 14.1. The van der Waals surface area contributed by atoms with Gasteiger partial charge in [0.15, 0.2) is 0 Å². The van der Waals surface area contributed by atoms with Crippen LogP contribution in [0.3, 0.4) is 0 Å². The van der Waals surface area contributed by atoms with Crippen molar-refractivity contribution in [2.75, 3.05) is 0 Å². The third-order valence-corrected chi connectivity index (χ3v) is 4.07. The zero-order valence-electron chi connectivity index (χ0n) is 10.2. The van der Waals surface area contributed by atoms with E-state index in [1.54, 1.807) is 12.1 Å². The van der Waals surface area contributed by atoms with Crippen LogP contribution >= 0.6 is 43.5 Å². The van der Waals surface area contributed by atoms with Crippen LogP contribution in [-0.4, -0.2) is 0 Å². The first-order valence-electron chi connectivity index (χ1n) is 5.65. The van der Waals surface area contributed by atoms with Crippen LogP contribution in [0, 0.1) is 0 Å². The van der Waals surface area contributed by atoms with Gasteiger partial charge in [0.05, 0.1) is 8.95 Å². The zero-order chi connectivity index (χ0) is 14.0. The van der Waals surface area contributed by atoms with Gasteiger partial charge in [-0.25, -0.2) is 0 Å². The largest absolute Gasteiger partial charge is 0.455 e. The van der Waals surface area contributed by atoms with Crippen molar-refractivity contribution in [1.82, 2.24) is 0 Å². The molecule has 0 amide bonds. The van der Waals surface area contributed by atoms with E-state index in [0.717, 1.165) is 20.3 Å². The van der Waals surface area contributed by atoms with Gasteiger partial charge in [-0.3, -0.25) is 0 Å². The molecule has 19 heavy (non-hydrogen) atoms. The highest BCUT2D eigenvalue weighted by Gasteiger charge is 2.08. The third kappa shape index (κ3) is 3.72. The molecule has 2 rings (SSSR count). The standard InChI is InChI=1S/C14H12Br2ClNO/c1-8(18)9-2-4-13(11(15)6-9)19-14-5-3-10(17)7-12(14)16/h2-8H,18H2,1H3. The van der Waals surface area contributed by atoms with Crippen molar-refractivity contribution in [1.29, 1.82) is 0 Å². The first kappa shape index (κ1) is 14.9. The van der Waals surface area contributed by atoms with E-state index in [9.17, 15) is 0 Å². The number of ether oxygens (including phenoxy) is 1. The van der Waals surface area contributed by atoms with Crippen molar-refractivity contribution in [3.05, 3.63) is 55.9 Å². The van der Waals surface area contributed by atoms with Crippen LogP contribution < -0.4 is 10.5 Å². The van der Waals surface area contributed by atoms with E-state index in [4.69, 9.17) is 22.1 Å². The minimum absolute atomic E-state index is 0.00684. The highest BCUT2D eigenvalue weighted by Crippen LogP contribution is 2.36. The number of rotatable bonds is 3. The number of hydrogen-bond donors (Lipinski definition) is 1. The Morgan fingerprint density at radius 3 is 2.16 bits per heavy atom. The van der Waals surface area contributed by atoms with Gasteiger partial charge in [-0.1, -0.05) is 17.7 Å². The quantitative estimate of drug-likeness (QED) is 0.713. The molecule has 2 aromatic rings. The Bertz CT molecular complexity index is 602. The summed E-state index contributed by atoms with van der Waals surface area (Å²) in [5.41, 5.74) is 6.89. The highest BCUT2D eigenvalue weighted by molar-refractivity contribution is 9.11. The second-order valence-electron chi connectivity index (χ2n) is 4.16. The van der Waals surface area contributed by atoms with Gasteiger partial charge in [0.2, 0.25) is 0 Å². The lowest BCUT2D eigenvalue weighted by atomic mass is 10.1. The Kier molecular flexibility index (Phi) is 4.90. The Balaban J connectivity index is 2.28. The van der Waals surface area contributed by atoms with Crippen LogP contribution in [-0.2, 0) is 0 Å². The summed E-state index contributed by atoms with van der Waals surface area (Å²) in [6, 6.07) is 11.2. The van der Waals surface area contributed by atoms with E-state index >= 15 is 0 Å². The first-order chi connectivity index (χ1) is 8.97. The molecule has 0 saturated carbocycles. The molecule has 1 unspecified atom stereocenters. The maximum absolute atomic E-state index is 5.90. The molecule has 0 fully saturated rings. The molecule has 100 valence electrons. The number of nitrogens with two attached hydrogens (primary N) is 1. The van der Waals surface area contributed by atoms with Crippen LogP contribution in [0.25, 0.3) is 0 Å². The molecule has 5 heteroatoms. The van der Waals surface area contributed by atoms with Crippen molar-refractivity contribution in [3.8, 4) is 11.5 Å². The summed E-state index contributed by atoms with van der Waals surface area (Å²) < 4.78 is 7.51. The van der Waals surface area contributed by atoms with Gasteiger partial charge in [-0.2, -0.15) is 0 Å². The summed E-state index contributed by atoms with van der Waals surface area (Å²) in [7, 11) is 0. The lowest BCUT2D eigenvalue weighted by Crippen LogP contribution is -2.04.